The summed E-state index contributed by atoms with van der Waals surface area (Å²) in [5.41, 5.74) is 18.4. The van der Waals surface area contributed by atoms with Gasteiger partial charge in [-0.25, -0.2) is 0 Å². The summed E-state index contributed by atoms with van der Waals surface area (Å²) in [4.78, 5) is 0. The van der Waals surface area contributed by atoms with Crippen molar-refractivity contribution < 1.29 is 0 Å². The fourth-order valence-corrected chi connectivity index (χ4v) is 6.39. The quantitative estimate of drug-likeness (QED) is 0.150. The first-order valence-corrected chi connectivity index (χ1v) is 16.8. The molecule has 0 amide bonds. The number of hydrogen-bond acceptors (Lipinski definition) is 0. The van der Waals surface area contributed by atoms with E-state index in [1.165, 1.54) is 77.9 Å². The van der Waals surface area contributed by atoms with Gasteiger partial charge in [0.25, 0.3) is 0 Å². The second-order valence-electron chi connectivity index (χ2n) is 12.1. The van der Waals surface area contributed by atoms with Gasteiger partial charge in [-0.3, -0.25) is 0 Å². The Bertz CT molecular complexity index is 1850. The highest BCUT2D eigenvalue weighted by molar-refractivity contribution is 5.82. The van der Waals surface area contributed by atoms with E-state index in [2.05, 4.69) is 161 Å². The number of benzene rings is 6. The standard InChI is InChI=1S/C45H44/c1-5-9-41-27-29-43(40-25-21-38(22-26-40)36-16-12-33(7-3)13-17-36)31-45(41)44-30-42(28-18-34(44)8-4)39-23-19-37(20-24-39)35-14-10-32(6-2)11-15-35/h10-31H,5-9H2,1-4H3. The van der Waals surface area contributed by atoms with Crippen LogP contribution in [0, 0.1) is 0 Å². The molecule has 0 saturated carbocycles. The van der Waals surface area contributed by atoms with E-state index in [1.807, 2.05) is 0 Å². The van der Waals surface area contributed by atoms with Crippen molar-refractivity contribution >= 4 is 0 Å². The topological polar surface area (TPSA) is 0 Å². The fourth-order valence-electron chi connectivity index (χ4n) is 6.39. The highest BCUT2D eigenvalue weighted by Gasteiger charge is 2.13. The van der Waals surface area contributed by atoms with Crippen molar-refractivity contribution in [3.05, 3.63) is 156 Å². The lowest BCUT2D eigenvalue weighted by Gasteiger charge is -2.17. The molecule has 6 aromatic carbocycles. The minimum atomic E-state index is 1.00. The number of hydrogen-bond donors (Lipinski definition) is 0. The molecule has 6 aromatic rings. The molecular weight excluding hydrogens is 540 g/mol. The van der Waals surface area contributed by atoms with Gasteiger partial charge < -0.3 is 0 Å². The third-order valence-corrected chi connectivity index (χ3v) is 9.24. The van der Waals surface area contributed by atoms with Gasteiger partial charge in [-0.15, -0.1) is 0 Å². The maximum Gasteiger partial charge on any atom is -0.0143 e. The van der Waals surface area contributed by atoms with Crippen molar-refractivity contribution in [3.63, 3.8) is 0 Å². The lowest BCUT2D eigenvalue weighted by Crippen LogP contribution is -1.96. The van der Waals surface area contributed by atoms with Crippen molar-refractivity contribution in [2.75, 3.05) is 0 Å². The van der Waals surface area contributed by atoms with E-state index < -0.39 is 0 Å². The monoisotopic (exact) mass is 584 g/mol. The fraction of sp³-hybridized carbons (Fsp3) is 0.200. The molecular formula is C45H44. The molecule has 0 saturated heterocycles. The maximum atomic E-state index is 2.43. The summed E-state index contributed by atoms with van der Waals surface area (Å²) in [5, 5.41) is 0. The van der Waals surface area contributed by atoms with E-state index in [1.54, 1.807) is 0 Å². The molecule has 0 nitrogen and oxygen atoms in total. The third kappa shape index (κ3) is 6.71. The lowest BCUT2D eigenvalue weighted by molar-refractivity contribution is 0.923. The van der Waals surface area contributed by atoms with Crippen molar-refractivity contribution in [2.45, 2.75) is 59.8 Å². The van der Waals surface area contributed by atoms with Crippen LogP contribution in [0.15, 0.2) is 133 Å². The van der Waals surface area contributed by atoms with Gasteiger partial charge in [0.2, 0.25) is 0 Å². The van der Waals surface area contributed by atoms with E-state index >= 15 is 0 Å². The smallest absolute Gasteiger partial charge is 0.0143 e. The van der Waals surface area contributed by atoms with Gasteiger partial charge in [-0.2, -0.15) is 0 Å². The molecule has 0 spiro atoms. The predicted octanol–water partition coefficient (Wildman–Crippen LogP) is 12.7. The Kier molecular flexibility index (Phi) is 9.41. The van der Waals surface area contributed by atoms with E-state index in [-0.39, 0.29) is 0 Å². The van der Waals surface area contributed by atoms with Crippen LogP contribution in [0.4, 0.5) is 0 Å². The summed E-state index contributed by atoms with van der Waals surface area (Å²) in [6.45, 7) is 8.95. The highest BCUT2D eigenvalue weighted by atomic mass is 14.2. The second kappa shape index (κ2) is 14.0. The van der Waals surface area contributed by atoms with Gasteiger partial charge in [0.05, 0.1) is 0 Å². The van der Waals surface area contributed by atoms with Crippen LogP contribution in [-0.2, 0) is 25.7 Å². The van der Waals surface area contributed by atoms with Crippen LogP contribution in [0.25, 0.3) is 55.6 Å². The van der Waals surface area contributed by atoms with Gasteiger partial charge in [-0.1, -0.05) is 155 Å². The Balaban J connectivity index is 1.34. The van der Waals surface area contributed by atoms with Gasteiger partial charge in [-0.05, 0) is 116 Å². The summed E-state index contributed by atoms with van der Waals surface area (Å²) in [6.07, 6.45) is 5.34. The van der Waals surface area contributed by atoms with Crippen molar-refractivity contribution in [2.24, 2.45) is 0 Å². The van der Waals surface area contributed by atoms with Crippen LogP contribution in [0.1, 0.15) is 56.4 Å². The molecule has 0 aliphatic rings. The molecule has 0 unspecified atom stereocenters. The summed E-state index contributed by atoms with van der Waals surface area (Å²) >= 11 is 0. The zero-order valence-corrected chi connectivity index (χ0v) is 27.2. The normalized spacial score (nSPS) is 11.1. The molecule has 0 bridgehead atoms. The predicted molar refractivity (Wildman–Crippen MR) is 196 cm³/mol. The minimum absolute atomic E-state index is 1.00. The van der Waals surface area contributed by atoms with E-state index in [0.29, 0.717) is 0 Å². The molecule has 0 radical (unpaired) electrons. The van der Waals surface area contributed by atoms with Crippen molar-refractivity contribution in [3.8, 4) is 55.6 Å². The zero-order chi connectivity index (χ0) is 31.2. The zero-order valence-electron chi connectivity index (χ0n) is 27.2. The Morgan fingerprint density at radius 2 is 0.622 bits per heavy atom. The molecule has 0 heterocycles. The average molecular weight is 585 g/mol. The van der Waals surface area contributed by atoms with Crippen LogP contribution >= 0.6 is 0 Å². The third-order valence-electron chi connectivity index (χ3n) is 9.24. The van der Waals surface area contributed by atoms with Crippen LogP contribution in [0.2, 0.25) is 0 Å². The van der Waals surface area contributed by atoms with Crippen LogP contribution in [0.3, 0.4) is 0 Å². The average Bonchev–Trinajstić information content (AvgIpc) is 3.12. The van der Waals surface area contributed by atoms with Crippen LogP contribution < -0.4 is 0 Å². The number of rotatable bonds is 10. The first kappa shape index (κ1) is 30.4. The Morgan fingerprint density at radius 1 is 0.311 bits per heavy atom. The Morgan fingerprint density at radius 3 is 0.978 bits per heavy atom. The SMILES string of the molecule is CCCc1ccc(-c2ccc(-c3ccc(CC)cc3)cc2)cc1-c1cc(-c2ccc(-c3ccc(CC)cc3)cc2)ccc1CC. The lowest BCUT2D eigenvalue weighted by atomic mass is 9.87. The highest BCUT2D eigenvalue weighted by Crippen LogP contribution is 2.36. The molecule has 0 fully saturated rings. The summed E-state index contributed by atoms with van der Waals surface area (Å²) in [5.74, 6) is 0. The van der Waals surface area contributed by atoms with Gasteiger partial charge in [0.1, 0.15) is 0 Å². The van der Waals surface area contributed by atoms with Crippen molar-refractivity contribution in [1.82, 2.24) is 0 Å². The molecule has 0 aliphatic heterocycles. The summed E-state index contributed by atoms with van der Waals surface area (Å²) in [7, 11) is 0. The van der Waals surface area contributed by atoms with Gasteiger partial charge in [0, 0.05) is 0 Å². The Hall–Kier alpha value is -4.68. The maximum absolute atomic E-state index is 2.43. The van der Waals surface area contributed by atoms with Gasteiger partial charge >= 0.3 is 0 Å². The first-order valence-electron chi connectivity index (χ1n) is 16.8. The first-order chi connectivity index (χ1) is 22.1. The van der Waals surface area contributed by atoms with Crippen LogP contribution in [0.5, 0.6) is 0 Å². The van der Waals surface area contributed by atoms with Gasteiger partial charge in [0.15, 0.2) is 0 Å². The molecule has 224 valence electrons. The molecule has 0 atom stereocenters. The summed E-state index contributed by atoms with van der Waals surface area (Å²) in [6, 6.07) is 50.2. The van der Waals surface area contributed by atoms with Crippen molar-refractivity contribution in [1.29, 1.82) is 0 Å². The second-order valence-corrected chi connectivity index (χ2v) is 12.1. The summed E-state index contributed by atoms with van der Waals surface area (Å²) < 4.78 is 0. The van der Waals surface area contributed by atoms with Crippen LogP contribution in [-0.4, -0.2) is 0 Å². The molecule has 0 N–H and O–H groups in total. The molecule has 0 aliphatic carbocycles. The number of aryl methyl sites for hydroxylation is 4. The largest absolute Gasteiger partial charge is 0.0651 e. The minimum Gasteiger partial charge on any atom is -0.0651 e. The molecule has 0 heteroatoms. The Labute approximate surface area is 270 Å². The molecule has 6 rings (SSSR count). The van der Waals surface area contributed by atoms with E-state index in [4.69, 9.17) is 0 Å². The molecule has 0 aromatic heterocycles. The van der Waals surface area contributed by atoms with E-state index in [0.717, 1.165) is 32.1 Å². The molecule has 45 heavy (non-hydrogen) atoms. The van der Waals surface area contributed by atoms with E-state index in [9.17, 15) is 0 Å².